The van der Waals surface area contributed by atoms with Gasteiger partial charge in [0.25, 0.3) is 5.91 Å². The molecule has 146 valence electrons. The van der Waals surface area contributed by atoms with Gasteiger partial charge in [-0.25, -0.2) is 0 Å². The summed E-state index contributed by atoms with van der Waals surface area (Å²) in [5.41, 5.74) is 7.88. The van der Waals surface area contributed by atoms with Crippen molar-refractivity contribution in [2.24, 2.45) is 5.73 Å². The predicted octanol–water partition coefficient (Wildman–Crippen LogP) is 3.00. The summed E-state index contributed by atoms with van der Waals surface area (Å²) in [7, 11) is 1.50. The number of H-pyrrole nitrogens is 1. The second kappa shape index (κ2) is 7.27. The summed E-state index contributed by atoms with van der Waals surface area (Å²) >= 11 is 0. The van der Waals surface area contributed by atoms with Crippen LogP contribution in [0.3, 0.4) is 0 Å². The Morgan fingerprint density at radius 2 is 1.86 bits per heavy atom. The number of fused-ring (bicyclic) bond motifs is 2. The van der Waals surface area contributed by atoms with Gasteiger partial charge in [0, 0.05) is 5.56 Å². The Labute approximate surface area is 166 Å². The highest BCUT2D eigenvalue weighted by atomic mass is 16.5. The zero-order valence-corrected chi connectivity index (χ0v) is 16.0. The molecule has 0 aliphatic carbocycles. The summed E-state index contributed by atoms with van der Waals surface area (Å²) in [6.07, 6.45) is 0. The molecule has 7 nitrogen and oxygen atoms in total. The second-order valence-electron chi connectivity index (χ2n) is 6.80. The van der Waals surface area contributed by atoms with E-state index in [9.17, 15) is 9.59 Å². The molecule has 1 aromatic heterocycles. The summed E-state index contributed by atoms with van der Waals surface area (Å²) < 4.78 is 5.59. The molecule has 7 heteroatoms. The van der Waals surface area contributed by atoms with E-state index < -0.39 is 17.9 Å². The van der Waals surface area contributed by atoms with Crippen molar-refractivity contribution in [3.8, 4) is 17.0 Å². The molecule has 0 radical (unpaired) electrons. The zero-order valence-electron chi connectivity index (χ0n) is 16.0. The van der Waals surface area contributed by atoms with Gasteiger partial charge in [0.05, 0.1) is 23.6 Å². The molecule has 4 aromatic rings. The molecular weight excluding hydrogens is 368 g/mol. The van der Waals surface area contributed by atoms with Crippen LogP contribution in [0.2, 0.25) is 0 Å². The number of ether oxygens (including phenoxy) is 1. The van der Waals surface area contributed by atoms with E-state index in [0.717, 1.165) is 21.9 Å². The SMILES string of the molecule is COc1c(C(=O)N[C@@H](C)C(N)=O)ccc2[nH]nc(-c3ccc4ccccc4c3)c12. The minimum Gasteiger partial charge on any atom is -0.495 e. The summed E-state index contributed by atoms with van der Waals surface area (Å²) in [5, 5.41) is 13.0. The number of methoxy groups -OCH3 is 1. The highest BCUT2D eigenvalue weighted by Crippen LogP contribution is 2.37. The lowest BCUT2D eigenvalue weighted by molar-refractivity contribution is -0.119. The number of carbonyl (C=O) groups excluding carboxylic acids is 2. The van der Waals surface area contributed by atoms with Crippen LogP contribution in [0.25, 0.3) is 32.9 Å². The molecule has 0 fully saturated rings. The average Bonchev–Trinajstić information content (AvgIpc) is 3.16. The van der Waals surface area contributed by atoms with Gasteiger partial charge in [0.1, 0.15) is 17.5 Å². The minimum atomic E-state index is -0.799. The third-order valence-electron chi connectivity index (χ3n) is 4.93. The molecule has 1 heterocycles. The quantitative estimate of drug-likeness (QED) is 0.488. The fraction of sp³-hybridized carbons (Fsp3) is 0.136. The number of aromatic amines is 1. The van der Waals surface area contributed by atoms with Crippen molar-refractivity contribution in [3.05, 3.63) is 60.2 Å². The number of hydrogen-bond donors (Lipinski definition) is 3. The zero-order chi connectivity index (χ0) is 20.5. The maximum absolute atomic E-state index is 12.7. The molecule has 1 atom stereocenters. The lowest BCUT2D eigenvalue weighted by atomic mass is 10.0. The number of nitrogens with zero attached hydrogens (tertiary/aromatic N) is 1. The highest BCUT2D eigenvalue weighted by molar-refractivity contribution is 6.08. The van der Waals surface area contributed by atoms with E-state index in [4.69, 9.17) is 10.5 Å². The van der Waals surface area contributed by atoms with E-state index in [1.165, 1.54) is 14.0 Å². The Morgan fingerprint density at radius 1 is 1.10 bits per heavy atom. The largest absolute Gasteiger partial charge is 0.495 e. The Morgan fingerprint density at radius 3 is 2.59 bits per heavy atom. The van der Waals surface area contributed by atoms with Crippen molar-refractivity contribution in [1.29, 1.82) is 0 Å². The molecule has 0 unspecified atom stereocenters. The summed E-state index contributed by atoms with van der Waals surface area (Å²) in [4.78, 5) is 24.0. The molecule has 0 aliphatic rings. The van der Waals surface area contributed by atoms with Gasteiger partial charge in [0.15, 0.2) is 0 Å². The fourth-order valence-corrected chi connectivity index (χ4v) is 3.36. The van der Waals surface area contributed by atoms with Crippen molar-refractivity contribution in [2.45, 2.75) is 13.0 Å². The first-order chi connectivity index (χ1) is 14.0. The van der Waals surface area contributed by atoms with E-state index >= 15 is 0 Å². The summed E-state index contributed by atoms with van der Waals surface area (Å²) in [5.74, 6) is -0.673. The van der Waals surface area contributed by atoms with Gasteiger partial charge in [-0.05, 0) is 35.9 Å². The van der Waals surface area contributed by atoms with Crippen LogP contribution in [0.4, 0.5) is 0 Å². The van der Waals surface area contributed by atoms with Gasteiger partial charge >= 0.3 is 0 Å². The van der Waals surface area contributed by atoms with Crippen LogP contribution in [0, 0.1) is 0 Å². The number of rotatable bonds is 5. The smallest absolute Gasteiger partial charge is 0.255 e. The molecule has 0 saturated carbocycles. The maximum atomic E-state index is 12.7. The molecule has 4 N–H and O–H groups in total. The molecule has 0 spiro atoms. The number of aromatic nitrogens is 2. The molecular formula is C22H20N4O3. The van der Waals surface area contributed by atoms with Crippen molar-refractivity contribution in [3.63, 3.8) is 0 Å². The van der Waals surface area contributed by atoms with E-state index in [-0.39, 0.29) is 0 Å². The standard InChI is InChI=1S/C22H20N4O3/c1-12(21(23)27)24-22(28)16-9-10-17-18(20(16)29-2)19(26-25-17)15-8-7-13-5-3-4-6-14(13)11-15/h3-12H,1-2H3,(H2,23,27)(H,24,28)(H,25,26)/t12-/m0/s1. The molecule has 0 aliphatic heterocycles. The van der Waals surface area contributed by atoms with E-state index in [2.05, 4.69) is 15.5 Å². The van der Waals surface area contributed by atoms with E-state index in [0.29, 0.717) is 22.4 Å². The number of benzene rings is 3. The number of amides is 2. The number of nitrogens with one attached hydrogen (secondary N) is 2. The molecule has 4 rings (SSSR count). The molecule has 3 aromatic carbocycles. The van der Waals surface area contributed by atoms with Crippen LogP contribution < -0.4 is 15.8 Å². The predicted molar refractivity (Wildman–Crippen MR) is 112 cm³/mol. The Bertz CT molecular complexity index is 1250. The third-order valence-corrected chi connectivity index (χ3v) is 4.93. The fourth-order valence-electron chi connectivity index (χ4n) is 3.36. The van der Waals surface area contributed by atoms with Crippen LogP contribution in [-0.2, 0) is 4.79 Å². The monoisotopic (exact) mass is 388 g/mol. The van der Waals surface area contributed by atoms with Crippen molar-refractivity contribution in [2.75, 3.05) is 7.11 Å². The van der Waals surface area contributed by atoms with Crippen molar-refractivity contribution in [1.82, 2.24) is 15.5 Å². The Kier molecular flexibility index (Phi) is 4.64. The first-order valence-corrected chi connectivity index (χ1v) is 9.14. The van der Waals surface area contributed by atoms with Crippen LogP contribution in [0.15, 0.2) is 54.6 Å². The van der Waals surface area contributed by atoms with Gasteiger partial charge in [-0.1, -0.05) is 36.4 Å². The van der Waals surface area contributed by atoms with Gasteiger partial charge in [0.2, 0.25) is 5.91 Å². The van der Waals surface area contributed by atoms with Crippen LogP contribution >= 0.6 is 0 Å². The van der Waals surface area contributed by atoms with Crippen LogP contribution in [0.1, 0.15) is 17.3 Å². The van der Waals surface area contributed by atoms with Crippen LogP contribution in [0.5, 0.6) is 5.75 Å². The third kappa shape index (κ3) is 3.27. The van der Waals surface area contributed by atoms with E-state index in [1.54, 1.807) is 12.1 Å². The van der Waals surface area contributed by atoms with Crippen LogP contribution in [-0.4, -0.2) is 35.2 Å². The Hall–Kier alpha value is -3.87. The van der Waals surface area contributed by atoms with Crippen molar-refractivity contribution >= 4 is 33.5 Å². The molecule has 29 heavy (non-hydrogen) atoms. The first kappa shape index (κ1) is 18.5. The number of primary amides is 1. The first-order valence-electron chi connectivity index (χ1n) is 9.14. The lowest BCUT2D eigenvalue weighted by Gasteiger charge is -2.14. The topological polar surface area (TPSA) is 110 Å². The molecule has 2 amide bonds. The van der Waals surface area contributed by atoms with Crippen molar-refractivity contribution < 1.29 is 14.3 Å². The summed E-state index contributed by atoms with van der Waals surface area (Å²) in [6.45, 7) is 1.53. The minimum absolute atomic E-state index is 0.302. The average molecular weight is 388 g/mol. The van der Waals surface area contributed by atoms with Gasteiger partial charge in [-0.3, -0.25) is 14.7 Å². The highest BCUT2D eigenvalue weighted by Gasteiger charge is 2.22. The maximum Gasteiger partial charge on any atom is 0.255 e. The molecule has 0 bridgehead atoms. The number of nitrogens with two attached hydrogens (primary N) is 1. The lowest BCUT2D eigenvalue weighted by Crippen LogP contribution is -2.42. The summed E-state index contributed by atoms with van der Waals surface area (Å²) in [6, 6.07) is 16.7. The van der Waals surface area contributed by atoms with E-state index in [1.807, 2.05) is 42.5 Å². The number of carbonyl (C=O) groups is 2. The number of hydrogen-bond acceptors (Lipinski definition) is 4. The normalized spacial score (nSPS) is 12.1. The van der Waals surface area contributed by atoms with Gasteiger partial charge in [-0.2, -0.15) is 5.10 Å². The van der Waals surface area contributed by atoms with Gasteiger partial charge < -0.3 is 15.8 Å². The van der Waals surface area contributed by atoms with Gasteiger partial charge in [-0.15, -0.1) is 0 Å². The Balaban J connectivity index is 1.85. The molecule has 0 saturated heterocycles. The second-order valence-corrected chi connectivity index (χ2v) is 6.80.